The number of rotatable bonds is 7. The van der Waals surface area contributed by atoms with E-state index in [1.165, 1.54) is 0 Å². The van der Waals surface area contributed by atoms with Gasteiger partial charge in [-0.3, -0.25) is 14.4 Å². The van der Waals surface area contributed by atoms with E-state index in [2.05, 4.69) is 4.99 Å². The molecule has 0 saturated carbocycles. The van der Waals surface area contributed by atoms with Crippen LogP contribution in [0.5, 0.6) is 0 Å². The van der Waals surface area contributed by atoms with Crippen LogP contribution >= 0.6 is 7.60 Å². The Hall–Kier alpha value is -1.29. The molecule has 1 aliphatic heterocycles. The molecule has 5 nitrogen and oxygen atoms in total. The molecule has 2 rings (SSSR count). The van der Waals surface area contributed by atoms with Crippen LogP contribution in [-0.4, -0.2) is 31.7 Å². The van der Waals surface area contributed by atoms with Crippen LogP contribution in [0.25, 0.3) is 5.57 Å². The van der Waals surface area contributed by atoms with E-state index < -0.39 is 7.60 Å². The van der Waals surface area contributed by atoms with Crippen molar-refractivity contribution in [2.75, 3.05) is 25.9 Å². The molecule has 0 N–H and O–H groups in total. The predicted octanol–water partition coefficient (Wildman–Crippen LogP) is 1.31. The van der Waals surface area contributed by atoms with Crippen molar-refractivity contribution in [1.82, 2.24) is 0 Å². The second-order valence-electron chi connectivity index (χ2n) is 4.34. The zero-order valence-electron chi connectivity index (χ0n) is 11.7. The van der Waals surface area contributed by atoms with Crippen LogP contribution in [0.15, 0.2) is 29.3 Å². The van der Waals surface area contributed by atoms with Gasteiger partial charge in [0, 0.05) is 10.8 Å². The van der Waals surface area contributed by atoms with Gasteiger partial charge in [-0.1, -0.05) is 18.2 Å². The molecular weight excluding hydrogens is 277 g/mol. The van der Waals surface area contributed by atoms with Gasteiger partial charge in [-0.05, 0) is 19.9 Å². The molecule has 0 radical (unpaired) electrons. The SMILES string of the molecule is CCOP(=O)(CC(=O)C1=c2ccccc2=NC1)OCC. The van der Waals surface area contributed by atoms with E-state index in [0.717, 1.165) is 10.6 Å². The Kier molecular flexibility index (Phi) is 4.86. The zero-order valence-corrected chi connectivity index (χ0v) is 12.6. The van der Waals surface area contributed by atoms with Gasteiger partial charge in [-0.15, -0.1) is 0 Å². The summed E-state index contributed by atoms with van der Waals surface area (Å²) in [7, 11) is -3.35. The van der Waals surface area contributed by atoms with Gasteiger partial charge in [0.25, 0.3) is 0 Å². The van der Waals surface area contributed by atoms with Crippen molar-refractivity contribution in [3.8, 4) is 0 Å². The fraction of sp³-hybridized carbons (Fsp3) is 0.429. The van der Waals surface area contributed by atoms with E-state index in [-0.39, 0.29) is 25.2 Å². The van der Waals surface area contributed by atoms with Crippen molar-refractivity contribution in [1.29, 1.82) is 0 Å². The number of ketones is 1. The molecule has 1 aromatic carbocycles. The van der Waals surface area contributed by atoms with Crippen LogP contribution < -0.4 is 10.6 Å². The van der Waals surface area contributed by atoms with E-state index in [1.54, 1.807) is 13.8 Å². The summed E-state index contributed by atoms with van der Waals surface area (Å²) in [6.07, 6.45) is -0.228. The van der Waals surface area contributed by atoms with E-state index in [4.69, 9.17) is 9.05 Å². The van der Waals surface area contributed by atoms with Crippen LogP contribution in [0.1, 0.15) is 13.8 Å². The number of carbonyl (C=O) groups excluding carboxylic acids is 1. The molecule has 0 bridgehead atoms. The molecule has 1 aliphatic rings. The fourth-order valence-electron chi connectivity index (χ4n) is 2.15. The molecule has 0 spiro atoms. The number of benzene rings is 1. The third-order valence-corrected chi connectivity index (χ3v) is 4.94. The molecule has 0 amide bonds. The molecule has 20 heavy (non-hydrogen) atoms. The quantitative estimate of drug-likeness (QED) is 0.711. The predicted molar refractivity (Wildman–Crippen MR) is 76.2 cm³/mol. The van der Waals surface area contributed by atoms with E-state index in [0.29, 0.717) is 12.1 Å². The Morgan fingerprint density at radius 2 is 1.90 bits per heavy atom. The lowest BCUT2D eigenvalue weighted by molar-refractivity contribution is -0.112. The standard InChI is InChI=1S/C14H18NO4P/c1-3-18-20(17,19-4-2)10-14(16)12-9-15-13-8-6-5-7-11(12)13/h5-8H,3-4,9-10H2,1-2H3. The molecule has 6 heteroatoms. The van der Waals surface area contributed by atoms with Crippen molar-refractivity contribution in [3.05, 3.63) is 34.8 Å². The number of carbonyl (C=O) groups is 1. The number of Topliss-reactive ketones (excluding diaryl/α,β-unsaturated/α-hetero) is 1. The van der Waals surface area contributed by atoms with Crippen molar-refractivity contribution in [2.24, 2.45) is 4.99 Å². The molecule has 0 aliphatic carbocycles. The summed E-state index contributed by atoms with van der Waals surface area (Å²) < 4.78 is 22.7. The van der Waals surface area contributed by atoms with Gasteiger partial charge in [-0.25, -0.2) is 0 Å². The minimum Gasteiger partial charge on any atom is -0.309 e. The summed E-state index contributed by atoms with van der Waals surface area (Å²) in [6.45, 7) is 4.28. The Morgan fingerprint density at radius 3 is 2.55 bits per heavy atom. The average molecular weight is 295 g/mol. The van der Waals surface area contributed by atoms with Crippen LogP contribution in [0.3, 0.4) is 0 Å². The molecule has 1 heterocycles. The lowest BCUT2D eigenvalue weighted by atomic mass is 10.1. The highest BCUT2D eigenvalue weighted by Crippen LogP contribution is 2.48. The highest BCUT2D eigenvalue weighted by atomic mass is 31.2. The average Bonchev–Trinajstić information content (AvgIpc) is 2.82. The number of hydrogen-bond acceptors (Lipinski definition) is 5. The first-order valence-electron chi connectivity index (χ1n) is 6.63. The molecule has 0 fully saturated rings. The van der Waals surface area contributed by atoms with Crippen molar-refractivity contribution >= 4 is 19.0 Å². The van der Waals surface area contributed by atoms with Gasteiger partial charge in [-0.2, -0.15) is 0 Å². The lowest BCUT2D eigenvalue weighted by Crippen LogP contribution is -2.25. The van der Waals surface area contributed by atoms with E-state index in [1.807, 2.05) is 24.3 Å². The molecule has 0 atom stereocenters. The maximum Gasteiger partial charge on any atom is 0.338 e. The Labute approximate surface area is 117 Å². The summed E-state index contributed by atoms with van der Waals surface area (Å²) in [5, 5.41) is 1.62. The Balaban J connectivity index is 2.26. The summed E-state index contributed by atoms with van der Waals surface area (Å²) in [4.78, 5) is 16.6. The van der Waals surface area contributed by atoms with E-state index >= 15 is 0 Å². The van der Waals surface area contributed by atoms with Crippen LogP contribution in [0, 0.1) is 0 Å². The monoisotopic (exact) mass is 295 g/mol. The van der Waals surface area contributed by atoms with E-state index in [9.17, 15) is 9.36 Å². The number of para-hydroxylation sites is 1. The molecule has 0 unspecified atom stereocenters. The Bertz CT molecular complexity index is 658. The largest absolute Gasteiger partial charge is 0.338 e. The molecular formula is C14H18NO4P. The van der Waals surface area contributed by atoms with Crippen molar-refractivity contribution in [2.45, 2.75) is 13.8 Å². The maximum absolute atomic E-state index is 12.4. The highest BCUT2D eigenvalue weighted by Gasteiger charge is 2.29. The number of fused-ring (bicyclic) bond motifs is 1. The maximum atomic E-state index is 12.4. The van der Waals surface area contributed by atoms with Gasteiger partial charge >= 0.3 is 7.60 Å². The van der Waals surface area contributed by atoms with Gasteiger partial charge in [0.1, 0.15) is 6.16 Å². The highest BCUT2D eigenvalue weighted by molar-refractivity contribution is 7.55. The van der Waals surface area contributed by atoms with Crippen LogP contribution in [0.2, 0.25) is 0 Å². The van der Waals surface area contributed by atoms with Crippen LogP contribution in [0.4, 0.5) is 0 Å². The molecule has 0 aromatic heterocycles. The number of nitrogens with zero attached hydrogens (tertiary/aromatic N) is 1. The minimum atomic E-state index is -3.35. The van der Waals surface area contributed by atoms with Gasteiger partial charge in [0.2, 0.25) is 0 Å². The van der Waals surface area contributed by atoms with Gasteiger partial charge < -0.3 is 9.05 Å². The summed E-state index contributed by atoms with van der Waals surface area (Å²) >= 11 is 0. The topological polar surface area (TPSA) is 65.0 Å². The Morgan fingerprint density at radius 1 is 1.25 bits per heavy atom. The normalized spacial score (nSPS) is 14.0. The second-order valence-corrected chi connectivity index (χ2v) is 6.39. The molecule has 108 valence electrons. The van der Waals surface area contributed by atoms with Gasteiger partial charge in [0.05, 0.1) is 25.1 Å². The zero-order chi connectivity index (χ0) is 14.6. The summed E-state index contributed by atoms with van der Waals surface area (Å²) in [6, 6.07) is 7.45. The summed E-state index contributed by atoms with van der Waals surface area (Å²) in [5.74, 6) is -0.219. The smallest absolute Gasteiger partial charge is 0.309 e. The molecule has 0 saturated heterocycles. The third kappa shape index (κ3) is 3.23. The molecule has 1 aromatic rings. The first-order chi connectivity index (χ1) is 9.59. The van der Waals surface area contributed by atoms with Crippen molar-refractivity contribution in [3.63, 3.8) is 0 Å². The second kappa shape index (κ2) is 6.44. The van der Waals surface area contributed by atoms with Crippen LogP contribution in [-0.2, 0) is 18.4 Å². The first kappa shape index (κ1) is 15.1. The minimum absolute atomic E-state index is 0.219. The van der Waals surface area contributed by atoms with Gasteiger partial charge in [0.15, 0.2) is 5.78 Å². The lowest BCUT2D eigenvalue weighted by Gasteiger charge is -2.16. The third-order valence-electron chi connectivity index (χ3n) is 2.96. The fourth-order valence-corrected chi connectivity index (χ4v) is 3.73. The number of hydrogen-bond donors (Lipinski definition) is 0. The summed E-state index contributed by atoms with van der Waals surface area (Å²) in [5.41, 5.74) is 0.584. The van der Waals surface area contributed by atoms with Crippen molar-refractivity contribution < 1.29 is 18.4 Å². The first-order valence-corrected chi connectivity index (χ1v) is 8.36.